The Balaban J connectivity index is 1.31. The molecule has 1 aliphatic rings. The molecule has 4 heterocycles. The van der Waals surface area contributed by atoms with Gasteiger partial charge in [0.2, 0.25) is 0 Å². The standard InChI is InChI=1S/C19H21N5O2S/c1-13-11-16(23-26-13)17-3-2-10-24(17)19(25)21-9-6-15-12-27-18(22-15)14-4-7-20-8-5-14/h4-5,7-8,11-12,17H,2-3,6,9-10H2,1H3,(H,21,25). The summed E-state index contributed by atoms with van der Waals surface area (Å²) >= 11 is 1.61. The maximum absolute atomic E-state index is 12.6. The third-order valence-corrected chi connectivity index (χ3v) is 5.58. The Bertz CT molecular complexity index is 908. The number of aromatic nitrogens is 3. The van der Waals surface area contributed by atoms with Gasteiger partial charge in [0, 0.05) is 48.9 Å². The third kappa shape index (κ3) is 4.00. The fourth-order valence-corrected chi connectivity index (χ4v) is 4.17. The van der Waals surface area contributed by atoms with Crippen LogP contribution >= 0.6 is 11.3 Å². The second-order valence-corrected chi connectivity index (χ2v) is 7.43. The molecule has 0 bridgehead atoms. The molecule has 1 N–H and O–H groups in total. The van der Waals surface area contributed by atoms with E-state index in [1.807, 2.05) is 35.4 Å². The Hall–Kier alpha value is -2.74. The summed E-state index contributed by atoms with van der Waals surface area (Å²) in [6.45, 7) is 3.16. The van der Waals surface area contributed by atoms with Crippen molar-refractivity contribution >= 4 is 17.4 Å². The van der Waals surface area contributed by atoms with Gasteiger partial charge in [-0.3, -0.25) is 4.98 Å². The molecular weight excluding hydrogens is 362 g/mol. The minimum absolute atomic E-state index is 0.0000141. The summed E-state index contributed by atoms with van der Waals surface area (Å²) < 4.78 is 5.16. The molecule has 0 spiro atoms. The van der Waals surface area contributed by atoms with Crippen LogP contribution in [0.3, 0.4) is 0 Å². The van der Waals surface area contributed by atoms with Gasteiger partial charge < -0.3 is 14.7 Å². The van der Waals surface area contributed by atoms with Gasteiger partial charge in [-0.2, -0.15) is 0 Å². The number of amides is 2. The summed E-state index contributed by atoms with van der Waals surface area (Å²) in [5.41, 5.74) is 2.88. The van der Waals surface area contributed by atoms with Crippen LogP contribution in [0.2, 0.25) is 0 Å². The number of pyridine rings is 1. The average molecular weight is 383 g/mol. The molecule has 8 heteroatoms. The smallest absolute Gasteiger partial charge is 0.317 e. The van der Waals surface area contributed by atoms with Crippen LogP contribution in [-0.4, -0.2) is 39.1 Å². The molecule has 1 aliphatic heterocycles. The lowest BCUT2D eigenvalue weighted by molar-refractivity contribution is 0.191. The zero-order chi connectivity index (χ0) is 18.6. The van der Waals surface area contributed by atoms with Gasteiger partial charge in [-0.1, -0.05) is 5.16 Å². The fraction of sp³-hybridized carbons (Fsp3) is 0.368. The van der Waals surface area contributed by atoms with Gasteiger partial charge in [0.1, 0.15) is 16.5 Å². The normalized spacial score (nSPS) is 16.6. The molecule has 0 saturated carbocycles. The van der Waals surface area contributed by atoms with Crippen LogP contribution < -0.4 is 5.32 Å². The Morgan fingerprint density at radius 2 is 2.26 bits per heavy atom. The largest absolute Gasteiger partial charge is 0.361 e. The number of nitrogens with one attached hydrogen (secondary N) is 1. The molecule has 1 unspecified atom stereocenters. The van der Waals surface area contributed by atoms with Gasteiger partial charge in [-0.05, 0) is 31.9 Å². The van der Waals surface area contributed by atoms with E-state index in [0.29, 0.717) is 13.0 Å². The molecule has 0 radical (unpaired) electrons. The molecule has 1 fully saturated rings. The first-order valence-corrected chi connectivity index (χ1v) is 9.91. The average Bonchev–Trinajstić information content (AvgIpc) is 3.42. The molecular formula is C19H21N5O2S. The maximum atomic E-state index is 12.6. The van der Waals surface area contributed by atoms with Crippen LogP contribution in [0.5, 0.6) is 0 Å². The molecule has 2 amide bonds. The number of urea groups is 1. The van der Waals surface area contributed by atoms with Gasteiger partial charge >= 0.3 is 6.03 Å². The van der Waals surface area contributed by atoms with Gasteiger partial charge in [0.15, 0.2) is 0 Å². The lowest BCUT2D eigenvalue weighted by Crippen LogP contribution is -2.40. The second kappa shape index (κ2) is 7.87. The van der Waals surface area contributed by atoms with Gasteiger partial charge in [-0.25, -0.2) is 9.78 Å². The zero-order valence-corrected chi connectivity index (χ0v) is 15.9. The van der Waals surface area contributed by atoms with Crippen molar-refractivity contribution in [2.45, 2.75) is 32.2 Å². The second-order valence-electron chi connectivity index (χ2n) is 6.58. The van der Waals surface area contributed by atoms with E-state index in [0.717, 1.165) is 47.1 Å². The van der Waals surface area contributed by atoms with Crippen LogP contribution in [0.25, 0.3) is 10.6 Å². The number of thiazole rings is 1. The van der Waals surface area contributed by atoms with Crippen LogP contribution in [0.1, 0.15) is 36.0 Å². The Morgan fingerprint density at radius 3 is 3.04 bits per heavy atom. The highest BCUT2D eigenvalue weighted by atomic mass is 32.1. The quantitative estimate of drug-likeness (QED) is 0.728. The van der Waals surface area contributed by atoms with Crippen molar-refractivity contribution < 1.29 is 9.32 Å². The SMILES string of the molecule is Cc1cc(C2CCCN2C(=O)NCCc2csc(-c3ccncc3)n2)no1. The van der Waals surface area contributed by atoms with Crippen LogP contribution in [0.4, 0.5) is 4.79 Å². The lowest BCUT2D eigenvalue weighted by Gasteiger charge is -2.23. The minimum Gasteiger partial charge on any atom is -0.361 e. The summed E-state index contributed by atoms with van der Waals surface area (Å²) in [4.78, 5) is 23.1. The monoisotopic (exact) mass is 383 g/mol. The van der Waals surface area contributed by atoms with E-state index in [4.69, 9.17) is 4.52 Å². The number of carbonyl (C=O) groups excluding carboxylic acids is 1. The number of hydrogen-bond acceptors (Lipinski definition) is 6. The number of nitrogens with zero attached hydrogens (tertiary/aromatic N) is 4. The zero-order valence-electron chi connectivity index (χ0n) is 15.1. The molecule has 140 valence electrons. The molecule has 3 aromatic rings. The molecule has 27 heavy (non-hydrogen) atoms. The fourth-order valence-electron chi connectivity index (χ4n) is 3.31. The number of likely N-dealkylation sites (tertiary alicyclic amines) is 1. The van der Waals surface area contributed by atoms with Crippen molar-refractivity contribution in [3.05, 3.63) is 53.1 Å². The first kappa shape index (κ1) is 17.7. The van der Waals surface area contributed by atoms with Crippen molar-refractivity contribution in [1.29, 1.82) is 0 Å². The molecule has 1 saturated heterocycles. The predicted octanol–water partition coefficient (Wildman–Crippen LogP) is 3.59. The first-order valence-electron chi connectivity index (χ1n) is 9.03. The molecule has 4 rings (SSSR count). The molecule has 3 aromatic heterocycles. The maximum Gasteiger partial charge on any atom is 0.317 e. The van der Waals surface area contributed by atoms with E-state index < -0.39 is 0 Å². The van der Waals surface area contributed by atoms with Crippen LogP contribution in [0.15, 0.2) is 40.5 Å². The van der Waals surface area contributed by atoms with E-state index in [9.17, 15) is 4.79 Å². The van der Waals surface area contributed by atoms with E-state index in [2.05, 4.69) is 20.4 Å². The van der Waals surface area contributed by atoms with E-state index >= 15 is 0 Å². The lowest BCUT2D eigenvalue weighted by atomic mass is 10.1. The van der Waals surface area contributed by atoms with Gasteiger partial charge in [-0.15, -0.1) is 11.3 Å². The van der Waals surface area contributed by atoms with Crippen molar-refractivity contribution in [2.24, 2.45) is 0 Å². The van der Waals surface area contributed by atoms with E-state index in [1.54, 1.807) is 23.7 Å². The van der Waals surface area contributed by atoms with Gasteiger partial charge in [0.25, 0.3) is 0 Å². The Labute approximate surface area is 161 Å². The summed E-state index contributed by atoms with van der Waals surface area (Å²) in [7, 11) is 0. The summed E-state index contributed by atoms with van der Waals surface area (Å²) in [5, 5.41) is 10.1. The summed E-state index contributed by atoms with van der Waals surface area (Å²) in [5.74, 6) is 0.769. The summed E-state index contributed by atoms with van der Waals surface area (Å²) in [6.07, 6.45) is 6.12. The highest BCUT2D eigenvalue weighted by Crippen LogP contribution is 2.31. The number of hydrogen-bond donors (Lipinski definition) is 1. The Kier molecular flexibility index (Phi) is 5.15. The topological polar surface area (TPSA) is 84.2 Å². The molecule has 0 aromatic carbocycles. The Morgan fingerprint density at radius 1 is 1.41 bits per heavy atom. The number of aryl methyl sites for hydroxylation is 1. The van der Waals surface area contributed by atoms with Crippen molar-refractivity contribution in [1.82, 2.24) is 25.3 Å². The molecule has 0 aliphatic carbocycles. The first-order chi connectivity index (χ1) is 13.2. The van der Waals surface area contributed by atoms with E-state index in [1.165, 1.54) is 0 Å². The number of rotatable bonds is 5. The molecule has 1 atom stereocenters. The van der Waals surface area contributed by atoms with Crippen molar-refractivity contribution in [2.75, 3.05) is 13.1 Å². The van der Waals surface area contributed by atoms with E-state index in [-0.39, 0.29) is 12.1 Å². The van der Waals surface area contributed by atoms with Crippen molar-refractivity contribution in [3.63, 3.8) is 0 Å². The van der Waals surface area contributed by atoms with Crippen molar-refractivity contribution in [3.8, 4) is 10.6 Å². The van der Waals surface area contributed by atoms with Crippen LogP contribution in [0, 0.1) is 6.92 Å². The van der Waals surface area contributed by atoms with Crippen LogP contribution in [-0.2, 0) is 6.42 Å². The highest BCUT2D eigenvalue weighted by molar-refractivity contribution is 7.13. The molecule has 7 nitrogen and oxygen atoms in total. The van der Waals surface area contributed by atoms with Gasteiger partial charge in [0.05, 0.1) is 11.7 Å². The number of carbonyl (C=O) groups is 1. The summed E-state index contributed by atoms with van der Waals surface area (Å²) in [6, 6.07) is 5.75. The minimum atomic E-state index is -0.0530. The predicted molar refractivity (Wildman–Crippen MR) is 102 cm³/mol. The third-order valence-electron chi connectivity index (χ3n) is 4.64. The highest BCUT2D eigenvalue weighted by Gasteiger charge is 2.31.